The summed E-state index contributed by atoms with van der Waals surface area (Å²) >= 11 is 1.41. The van der Waals surface area contributed by atoms with Gasteiger partial charge in [-0.25, -0.2) is 4.98 Å². The van der Waals surface area contributed by atoms with Crippen LogP contribution in [-0.4, -0.2) is 43.0 Å². The second kappa shape index (κ2) is 5.92. The molecular weight excluding hydrogens is 254 g/mol. The van der Waals surface area contributed by atoms with E-state index in [-0.39, 0.29) is 18.1 Å². The first-order valence-electron chi connectivity index (χ1n) is 5.73. The summed E-state index contributed by atoms with van der Waals surface area (Å²) in [6, 6.07) is 0. The van der Waals surface area contributed by atoms with Gasteiger partial charge in [0, 0.05) is 13.1 Å². The molecule has 2 heterocycles. The Kier molecular flexibility index (Phi) is 4.27. The summed E-state index contributed by atoms with van der Waals surface area (Å²) in [7, 11) is 0. The van der Waals surface area contributed by atoms with Gasteiger partial charge in [0.15, 0.2) is 5.13 Å². The maximum absolute atomic E-state index is 11.4. The zero-order valence-electron chi connectivity index (χ0n) is 10.1. The molecule has 1 aliphatic rings. The van der Waals surface area contributed by atoms with Gasteiger partial charge in [0.1, 0.15) is 10.8 Å². The summed E-state index contributed by atoms with van der Waals surface area (Å²) in [6.45, 7) is 4.49. The lowest BCUT2D eigenvalue weighted by molar-refractivity contribution is -0.124. The summed E-state index contributed by atoms with van der Waals surface area (Å²) < 4.78 is 5.27. The number of nitrogens with zero attached hydrogens (tertiary/aromatic N) is 2. The summed E-state index contributed by atoms with van der Waals surface area (Å²) in [5.41, 5.74) is 0. The van der Waals surface area contributed by atoms with E-state index < -0.39 is 0 Å². The van der Waals surface area contributed by atoms with Crippen molar-refractivity contribution in [2.45, 2.75) is 13.3 Å². The van der Waals surface area contributed by atoms with E-state index in [2.05, 4.69) is 15.2 Å². The third-order valence-electron chi connectivity index (χ3n) is 2.47. The molecule has 7 heteroatoms. The van der Waals surface area contributed by atoms with Gasteiger partial charge in [-0.1, -0.05) is 11.3 Å². The zero-order chi connectivity index (χ0) is 13.0. The molecule has 0 aromatic carbocycles. The van der Waals surface area contributed by atoms with Crippen molar-refractivity contribution >= 4 is 33.2 Å². The molecule has 1 fully saturated rings. The fraction of sp³-hybridized carbons (Fsp3) is 0.545. The maximum Gasteiger partial charge on any atom is 0.233 e. The van der Waals surface area contributed by atoms with E-state index in [1.807, 2.05) is 0 Å². The van der Waals surface area contributed by atoms with Crippen molar-refractivity contribution < 1.29 is 14.3 Å². The summed E-state index contributed by atoms with van der Waals surface area (Å²) in [4.78, 5) is 28.5. The van der Waals surface area contributed by atoms with Crippen molar-refractivity contribution in [2.75, 3.05) is 36.5 Å². The first kappa shape index (κ1) is 13.0. The highest BCUT2D eigenvalue weighted by Gasteiger charge is 2.15. The Bertz CT molecular complexity index is 440. The van der Waals surface area contributed by atoms with Crippen LogP contribution in [0.4, 0.5) is 10.1 Å². The van der Waals surface area contributed by atoms with Crippen molar-refractivity contribution in [1.29, 1.82) is 0 Å². The second-order valence-electron chi connectivity index (χ2n) is 4.03. The van der Waals surface area contributed by atoms with Crippen molar-refractivity contribution in [1.82, 2.24) is 4.98 Å². The second-order valence-corrected chi connectivity index (χ2v) is 5.04. The third-order valence-corrected chi connectivity index (χ3v) is 3.45. The van der Waals surface area contributed by atoms with Gasteiger partial charge in [0.25, 0.3) is 0 Å². The highest BCUT2D eigenvalue weighted by Crippen LogP contribution is 2.27. The fourth-order valence-electron chi connectivity index (χ4n) is 1.64. The lowest BCUT2D eigenvalue weighted by Crippen LogP contribution is -2.35. The van der Waals surface area contributed by atoms with Crippen LogP contribution in [0.3, 0.4) is 0 Å². The Morgan fingerprint density at radius 2 is 2.22 bits per heavy atom. The molecule has 0 unspecified atom stereocenters. The van der Waals surface area contributed by atoms with Gasteiger partial charge in [-0.2, -0.15) is 0 Å². The zero-order valence-corrected chi connectivity index (χ0v) is 11.0. The van der Waals surface area contributed by atoms with E-state index in [1.165, 1.54) is 18.3 Å². The molecule has 1 saturated heterocycles. The van der Waals surface area contributed by atoms with Gasteiger partial charge in [-0.15, -0.1) is 0 Å². The molecule has 1 N–H and O–H groups in total. The highest BCUT2D eigenvalue weighted by atomic mass is 32.1. The Morgan fingerprint density at radius 1 is 1.50 bits per heavy atom. The number of hydrogen-bond donors (Lipinski definition) is 1. The Morgan fingerprint density at radius 3 is 2.89 bits per heavy atom. The molecule has 1 aromatic heterocycles. The first-order valence-corrected chi connectivity index (χ1v) is 6.54. The summed E-state index contributed by atoms with van der Waals surface area (Å²) in [5.74, 6) is -0.470. The molecule has 1 amide bonds. The molecule has 0 aliphatic carbocycles. The first-order chi connectivity index (χ1) is 8.65. The number of Topliss-reactive ketones (excluding diaryl/α,β-unsaturated/α-hetero) is 1. The molecule has 0 spiro atoms. The smallest absolute Gasteiger partial charge is 0.233 e. The van der Waals surface area contributed by atoms with Gasteiger partial charge >= 0.3 is 0 Å². The van der Waals surface area contributed by atoms with E-state index in [0.717, 1.165) is 18.1 Å². The van der Waals surface area contributed by atoms with Crippen molar-refractivity contribution in [3.05, 3.63) is 6.20 Å². The van der Waals surface area contributed by atoms with Crippen LogP contribution in [0.1, 0.15) is 13.3 Å². The largest absolute Gasteiger partial charge is 0.378 e. The van der Waals surface area contributed by atoms with Gasteiger partial charge < -0.3 is 15.0 Å². The number of amides is 1. The molecule has 18 heavy (non-hydrogen) atoms. The normalized spacial score (nSPS) is 15.5. The lowest BCUT2D eigenvalue weighted by Gasteiger charge is -2.26. The van der Waals surface area contributed by atoms with E-state index >= 15 is 0 Å². The molecule has 0 saturated carbocycles. The van der Waals surface area contributed by atoms with Crippen LogP contribution in [0.25, 0.3) is 0 Å². The number of hydrogen-bond acceptors (Lipinski definition) is 6. The number of aromatic nitrogens is 1. The average molecular weight is 269 g/mol. The Labute approximate surface area is 109 Å². The predicted octanol–water partition coefficient (Wildman–Crippen LogP) is 0.897. The number of carbonyl (C=O) groups is 2. The maximum atomic E-state index is 11.4. The summed E-state index contributed by atoms with van der Waals surface area (Å²) in [5, 5.41) is 4.16. The minimum Gasteiger partial charge on any atom is -0.378 e. The number of anilines is 2. The number of morpholine rings is 1. The topological polar surface area (TPSA) is 71.5 Å². The molecule has 1 aliphatic heterocycles. The monoisotopic (exact) mass is 269 g/mol. The quantitative estimate of drug-likeness (QED) is 0.822. The van der Waals surface area contributed by atoms with Crippen LogP contribution in [0, 0.1) is 0 Å². The Hall–Kier alpha value is -1.47. The number of ketones is 1. The van der Waals surface area contributed by atoms with Crippen LogP contribution in [-0.2, 0) is 14.3 Å². The van der Waals surface area contributed by atoms with E-state index in [9.17, 15) is 9.59 Å². The SMILES string of the molecule is CC(=O)CC(=O)Nc1ncc(N2CCOCC2)s1. The molecule has 6 nitrogen and oxygen atoms in total. The Balaban J connectivity index is 1.93. The lowest BCUT2D eigenvalue weighted by atomic mass is 10.3. The van der Waals surface area contributed by atoms with Crippen LogP contribution in [0.15, 0.2) is 6.20 Å². The van der Waals surface area contributed by atoms with Crippen molar-refractivity contribution in [3.63, 3.8) is 0 Å². The number of rotatable bonds is 4. The molecule has 1 aromatic rings. The minimum absolute atomic E-state index is 0.105. The molecule has 0 atom stereocenters. The minimum atomic E-state index is -0.314. The third kappa shape index (κ3) is 3.51. The fourth-order valence-corrected chi connectivity index (χ4v) is 2.53. The van der Waals surface area contributed by atoms with Gasteiger partial charge in [0.2, 0.25) is 5.91 Å². The molecular formula is C11H15N3O3S. The van der Waals surface area contributed by atoms with Gasteiger partial charge in [-0.3, -0.25) is 9.59 Å². The summed E-state index contributed by atoms with van der Waals surface area (Å²) in [6.07, 6.45) is 1.63. The van der Waals surface area contributed by atoms with Gasteiger partial charge in [-0.05, 0) is 6.92 Å². The van der Waals surface area contributed by atoms with Crippen molar-refractivity contribution in [3.8, 4) is 0 Å². The van der Waals surface area contributed by atoms with E-state index in [0.29, 0.717) is 18.3 Å². The molecule has 0 radical (unpaired) electrons. The molecule has 98 valence electrons. The number of ether oxygens (including phenoxy) is 1. The van der Waals surface area contributed by atoms with Crippen LogP contribution < -0.4 is 10.2 Å². The highest BCUT2D eigenvalue weighted by molar-refractivity contribution is 7.19. The average Bonchev–Trinajstić information content (AvgIpc) is 2.77. The number of thiazole rings is 1. The van der Waals surface area contributed by atoms with Gasteiger partial charge in [0.05, 0.1) is 25.8 Å². The number of nitrogens with one attached hydrogen (secondary N) is 1. The van der Waals surface area contributed by atoms with Crippen LogP contribution >= 0.6 is 11.3 Å². The number of carbonyl (C=O) groups excluding carboxylic acids is 2. The van der Waals surface area contributed by atoms with E-state index in [1.54, 1.807) is 6.20 Å². The van der Waals surface area contributed by atoms with Crippen LogP contribution in [0.5, 0.6) is 0 Å². The molecule has 0 bridgehead atoms. The molecule has 2 rings (SSSR count). The van der Waals surface area contributed by atoms with E-state index in [4.69, 9.17) is 4.74 Å². The van der Waals surface area contributed by atoms with Crippen LogP contribution in [0.2, 0.25) is 0 Å². The van der Waals surface area contributed by atoms with Crippen molar-refractivity contribution in [2.24, 2.45) is 0 Å². The standard InChI is InChI=1S/C11H15N3O3S/c1-8(15)6-9(16)13-11-12-7-10(18-11)14-2-4-17-5-3-14/h7H,2-6H2,1H3,(H,12,13,16). The predicted molar refractivity (Wildman–Crippen MR) is 69.1 cm³/mol.